The van der Waals surface area contributed by atoms with E-state index in [1.807, 2.05) is 12.1 Å². The molecule has 3 nitrogen and oxygen atoms in total. The number of carbonyl (C=O) groups is 1. The molecule has 0 bridgehead atoms. The van der Waals surface area contributed by atoms with Crippen molar-refractivity contribution in [2.24, 2.45) is 0 Å². The van der Waals surface area contributed by atoms with Gasteiger partial charge in [-0.2, -0.15) is 0 Å². The molecule has 0 saturated carbocycles. The van der Waals surface area contributed by atoms with E-state index in [0.717, 1.165) is 31.5 Å². The van der Waals surface area contributed by atoms with Crippen molar-refractivity contribution in [1.29, 1.82) is 0 Å². The fourth-order valence-electron chi connectivity index (χ4n) is 2.47. The maximum Gasteiger partial charge on any atom is 0.159 e. The molecule has 1 aliphatic rings. The molecular weight excluding hydrogens is 226 g/mol. The van der Waals surface area contributed by atoms with Crippen LogP contribution in [-0.4, -0.2) is 32.1 Å². The number of methoxy groups -OCH3 is 1. The van der Waals surface area contributed by atoms with Gasteiger partial charge in [-0.3, -0.25) is 4.79 Å². The van der Waals surface area contributed by atoms with Crippen LogP contribution in [0.25, 0.3) is 0 Å². The van der Waals surface area contributed by atoms with Crippen LogP contribution in [0.2, 0.25) is 0 Å². The summed E-state index contributed by atoms with van der Waals surface area (Å²) in [5, 5.41) is 0. The van der Waals surface area contributed by atoms with Gasteiger partial charge in [0.15, 0.2) is 5.78 Å². The fraction of sp³-hybridized carbons (Fsp3) is 0.533. The van der Waals surface area contributed by atoms with Gasteiger partial charge in [0.05, 0.1) is 6.10 Å². The minimum Gasteiger partial charge on any atom is -0.380 e. The number of nitrogens with zero attached hydrogens (tertiary/aromatic N) is 1. The van der Waals surface area contributed by atoms with Crippen molar-refractivity contribution in [1.82, 2.24) is 0 Å². The van der Waals surface area contributed by atoms with Gasteiger partial charge in [0, 0.05) is 31.5 Å². The van der Waals surface area contributed by atoms with E-state index in [0.29, 0.717) is 0 Å². The highest BCUT2D eigenvalue weighted by Gasteiger charge is 2.19. The van der Waals surface area contributed by atoms with Gasteiger partial charge in [0.25, 0.3) is 0 Å². The zero-order valence-electron chi connectivity index (χ0n) is 11.4. The van der Waals surface area contributed by atoms with Crippen molar-refractivity contribution >= 4 is 11.5 Å². The summed E-state index contributed by atoms with van der Waals surface area (Å²) in [5.41, 5.74) is 3.36. The van der Waals surface area contributed by atoms with Crippen LogP contribution in [-0.2, 0) is 11.2 Å². The Morgan fingerprint density at radius 3 is 2.94 bits per heavy atom. The molecule has 1 unspecified atom stereocenters. The molecule has 0 saturated heterocycles. The van der Waals surface area contributed by atoms with Crippen LogP contribution in [0, 0.1) is 0 Å². The summed E-state index contributed by atoms with van der Waals surface area (Å²) >= 11 is 0. The van der Waals surface area contributed by atoms with E-state index in [-0.39, 0.29) is 11.9 Å². The van der Waals surface area contributed by atoms with E-state index in [4.69, 9.17) is 4.74 Å². The summed E-state index contributed by atoms with van der Waals surface area (Å²) in [6.07, 6.45) is 2.43. The highest BCUT2D eigenvalue weighted by molar-refractivity contribution is 5.94. The standard InChI is InChI=1S/C15H21NO2/c1-11(18-3)10-16-8-4-5-14-9-13(12(2)17)6-7-15(14)16/h6-7,9,11H,4-5,8,10H2,1-3H3. The maximum atomic E-state index is 11.4. The smallest absolute Gasteiger partial charge is 0.159 e. The molecule has 1 aliphatic heterocycles. The predicted octanol–water partition coefficient (Wildman–Crippen LogP) is 2.68. The van der Waals surface area contributed by atoms with E-state index < -0.39 is 0 Å². The van der Waals surface area contributed by atoms with E-state index >= 15 is 0 Å². The number of benzene rings is 1. The van der Waals surface area contributed by atoms with E-state index in [1.54, 1.807) is 14.0 Å². The number of fused-ring (bicyclic) bond motifs is 1. The number of rotatable bonds is 4. The first-order chi connectivity index (χ1) is 8.61. The molecule has 1 aromatic rings. The SMILES string of the molecule is COC(C)CN1CCCc2cc(C(C)=O)ccc21. The van der Waals surface area contributed by atoms with Gasteiger partial charge >= 0.3 is 0 Å². The lowest BCUT2D eigenvalue weighted by atomic mass is 9.98. The average molecular weight is 247 g/mol. The van der Waals surface area contributed by atoms with Crippen LogP contribution in [0.3, 0.4) is 0 Å². The summed E-state index contributed by atoms with van der Waals surface area (Å²) in [5.74, 6) is 0.139. The minimum absolute atomic E-state index is 0.139. The first kappa shape index (κ1) is 13.1. The molecule has 1 atom stereocenters. The number of carbonyl (C=O) groups excluding carboxylic acids is 1. The van der Waals surface area contributed by atoms with Crippen LogP contribution >= 0.6 is 0 Å². The van der Waals surface area contributed by atoms with Crippen LogP contribution in [0.15, 0.2) is 18.2 Å². The highest BCUT2D eigenvalue weighted by atomic mass is 16.5. The Labute approximate surface area is 109 Å². The van der Waals surface area contributed by atoms with Gasteiger partial charge in [0.2, 0.25) is 0 Å². The molecule has 0 aromatic heterocycles. The molecule has 1 heterocycles. The molecular formula is C15H21NO2. The third-order valence-corrected chi connectivity index (χ3v) is 3.58. The fourth-order valence-corrected chi connectivity index (χ4v) is 2.47. The molecule has 0 fully saturated rings. The monoisotopic (exact) mass is 247 g/mol. The van der Waals surface area contributed by atoms with Gasteiger partial charge in [-0.15, -0.1) is 0 Å². The predicted molar refractivity (Wildman–Crippen MR) is 73.5 cm³/mol. The molecule has 0 aliphatic carbocycles. The van der Waals surface area contributed by atoms with Crippen molar-refractivity contribution in [3.05, 3.63) is 29.3 Å². The topological polar surface area (TPSA) is 29.5 Å². The molecule has 0 N–H and O–H groups in total. The first-order valence-corrected chi connectivity index (χ1v) is 6.53. The Morgan fingerprint density at radius 1 is 1.50 bits per heavy atom. The lowest BCUT2D eigenvalue weighted by Crippen LogP contribution is -2.36. The molecule has 0 spiro atoms. The molecule has 18 heavy (non-hydrogen) atoms. The molecule has 0 radical (unpaired) electrons. The van der Waals surface area contributed by atoms with E-state index in [2.05, 4.69) is 17.9 Å². The number of ketones is 1. The minimum atomic E-state index is 0.139. The largest absolute Gasteiger partial charge is 0.380 e. The van der Waals surface area contributed by atoms with Gasteiger partial charge < -0.3 is 9.64 Å². The van der Waals surface area contributed by atoms with Gasteiger partial charge in [-0.1, -0.05) is 0 Å². The molecule has 3 heteroatoms. The zero-order chi connectivity index (χ0) is 13.1. The second-order valence-electron chi connectivity index (χ2n) is 5.00. The zero-order valence-corrected chi connectivity index (χ0v) is 11.4. The summed E-state index contributed by atoms with van der Waals surface area (Å²) in [7, 11) is 1.74. The number of ether oxygens (including phenoxy) is 1. The highest BCUT2D eigenvalue weighted by Crippen LogP contribution is 2.28. The van der Waals surface area contributed by atoms with Crippen LogP contribution in [0.4, 0.5) is 5.69 Å². The van der Waals surface area contributed by atoms with Crippen molar-refractivity contribution < 1.29 is 9.53 Å². The molecule has 98 valence electrons. The summed E-state index contributed by atoms with van der Waals surface area (Å²) in [6, 6.07) is 6.05. The molecule has 2 rings (SSSR count). The average Bonchev–Trinajstić information content (AvgIpc) is 2.38. The van der Waals surface area contributed by atoms with Gasteiger partial charge in [0.1, 0.15) is 0 Å². The number of aryl methyl sites for hydroxylation is 1. The third-order valence-electron chi connectivity index (χ3n) is 3.58. The molecule has 1 aromatic carbocycles. The number of hydrogen-bond acceptors (Lipinski definition) is 3. The Bertz CT molecular complexity index is 442. The van der Waals surface area contributed by atoms with E-state index in [1.165, 1.54) is 11.3 Å². The van der Waals surface area contributed by atoms with Crippen LogP contribution in [0.5, 0.6) is 0 Å². The van der Waals surface area contributed by atoms with Crippen molar-refractivity contribution in [3.8, 4) is 0 Å². The first-order valence-electron chi connectivity index (χ1n) is 6.53. The quantitative estimate of drug-likeness (QED) is 0.766. The van der Waals surface area contributed by atoms with Gasteiger partial charge in [-0.25, -0.2) is 0 Å². The Hall–Kier alpha value is -1.35. The van der Waals surface area contributed by atoms with Crippen molar-refractivity contribution in [3.63, 3.8) is 0 Å². The Kier molecular flexibility index (Phi) is 4.02. The number of anilines is 1. The van der Waals surface area contributed by atoms with Crippen LogP contribution < -0.4 is 4.90 Å². The van der Waals surface area contributed by atoms with Crippen molar-refractivity contribution in [2.75, 3.05) is 25.1 Å². The Balaban J connectivity index is 2.24. The third kappa shape index (κ3) is 2.72. The normalized spacial score (nSPS) is 16.3. The summed E-state index contributed by atoms with van der Waals surface area (Å²) in [6.45, 7) is 5.68. The van der Waals surface area contributed by atoms with E-state index in [9.17, 15) is 4.79 Å². The lowest BCUT2D eigenvalue weighted by molar-refractivity contribution is 0.101. The number of Topliss-reactive ketones (excluding diaryl/α,β-unsaturated/α-hetero) is 1. The summed E-state index contributed by atoms with van der Waals surface area (Å²) in [4.78, 5) is 13.8. The second kappa shape index (κ2) is 5.53. The lowest BCUT2D eigenvalue weighted by Gasteiger charge is -2.33. The summed E-state index contributed by atoms with van der Waals surface area (Å²) < 4.78 is 5.33. The molecule has 0 amide bonds. The maximum absolute atomic E-state index is 11.4. The van der Waals surface area contributed by atoms with Crippen LogP contribution in [0.1, 0.15) is 36.2 Å². The van der Waals surface area contributed by atoms with Crippen molar-refractivity contribution in [2.45, 2.75) is 32.8 Å². The number of hydrogen-bond donors (Lipinski definition) is 0. The van der Waals surface area contributed by atoms with Gasteiger partial charge in [-0.05, 0) is 50.5 Å². The second-order valence-corrected chi connectivity index (χ2v) is 5.00. The Morgan fingerprint density at radius 2 is 2.28 bits per heavy atom.